The van der Waals surface area contributed by atoms with Crippen molar-refractivity contribution in [3.63, 3.8) is 0 Å². The monoisotopic (exact) mass is 234 g/mol. The van der Waals surface area contributed by atoms with Gasteiger partial charge in [-0.3, -0.25) is 0 Å². The Morgan fingerprint density at radius 2 is 2.06 bits per heavy atom. The van der Waals surface area contributed by atoms with Crippen molar-refractivity contribution in [3.05, 3.63) is 29.8 Å². The van der Waals surface area contributed by atoms with E-state index >= 15 is 0 Å². The lowest BCUT2D eigenvalue weighted by atomic mass is 9.95. The maximum absolute atomic E-state index is 9.01. The Morgan fingerprint density at radius 1 is 1.29 bits per heavy atom. The molecule has 0 radical (unpaired) electrons. The molecule has 1 unspecified atom stereocenters. The highest BCUT2D eigenvalue weighted by Gasteiger charge is 2.19. The Morgan fingerprint density at radius 3 is 2.71 bits per heavy atom. The van der Waals surface area contributed by atoms with E-state index < -0.39 is 0 Å². The largest absolute Gasteiger partial charge is 0.396 e. The third-order valence-corrected chi connectivity index (χ3v) is 3.59. The number of aliphatic hydroxyl groups excluding tert-OH is 1. The van der Waals surface area contributed by atoms with Crippen LogP contribution in [0.1, 0.15) is 24.8 Å². The molecular formula is C14H22N2O. The van der Waals surface area contributed by atoms with Crippen LogP contribution >= 0.6 is 0 Å². The summed E-state index contributed by atoms with van der Waals surface area (Å²) in [5.41, 5.74) is 8.06. The molecule has 3 N–H and O–H groups in total. The van der Waals surface area contributed by atoms with Gasteiger partial charge in [-0.2, -0.15) is 0 Å². The molecule has 0 saturated carbocycles. The summed E-state index contributed by atoms with van der Waals surface area (Å²) in [5, 5.41) is 9.01. The number of rotatable bonds is 4. The van der Waals surface area contributed by atoms with Gasteiger partial charge in [0.1, 0.15) is 0 Å². The molecule has 0 aromatic heterocycles. The maximum atomic E-state index is 9.01. The first kappa shape index (κ1) is 12.4. The molecule has 1 atom stereocenters. The van der Waals surface area contributed by atoms with E-state index in [2.05, 4.69) is 29.2 Å². The summed E-state index contributed by atoms with van der Waals surface area (Å²) in [5.74, 6) is 0.642. The molecule has 2 rings (SSSR count). The summed E-state index contributed by atoms with van der Waals surface area (Å²) in [6.07, 6.45) is 3.40. The van der Waals surface area contributed by atoms with Gasteiger partial charge in [0.2, 0.25) is 0 Å². The first-order valence-corrected chi connectivity index (χ1v) is 6.48. The minimum atomic E-state index is 0.310. The average molecular weight is 234 g/mol. The smallest absolute Gasteiger partial charge is 0.0434 e. The summed E-state index contributed by atoms with van der Waals surface area (Å²) in [7, 11) is 0. The van der Waals surface area contributed by atoms with E-state index in [0.717, 1.165) is 19.5 Å². The lowest BCUT2D eigenvalue weighted by Gasteiger charge is -2.34. The molecule has 1 aliphatic rings. The van der Waals surface area contributed by atoms with E-state index in [1.165, 1.54) is 24.1 Å². The molecule has 17 heavy (non-hydrogen) atoms. The van der Waals surface area contributed by atoms with Gasteiger partial charge in [0.25, 0.3) is 0 Å². The first-order valence-electron chi connectivity index (χ1n) is 6.48. The van der Waals surface area contributed by atoms with Crippen LogP contribution in [-0.4, -0.2) is 24.8 Å². The van der Waals surface area contributed by atoms with E-state index in [4.69, 9.17) is 10.8 Å². The molecule has 1 aliphatic heterocycles. The number of benzene rings is 1. The second-order valence-corrected chi connectivity index (χ2v) is 4.84. The molecule has 3 heteroatoms. The van der Waals surface area contributed by atoms with Gasteiger partial charge in [-0.25, -0.2) is 0 Å². The van der Waals surface area contributed by atoms with Crippen molar-refractivity contribution in [3.8, 4) is 0 Å². The Hall–Kier alpha value is -1.06. The van der Waals surface area contributed by atoms with E-state index in [1.54, 1.807) is 0 Å². The number of nitrogens with two attached hydrogens (primary N) is 1. The normalized spacial score (nSPS) is 20.6. The van der Waals surface area contributed by atoms with Gasteiger partial charge in [-0.1, -0.05) is 12.1 Å². The highest BCUT2D eigenvalue weighted by Crippen LogP contribution is 2.24. The van der Waals surface area contributed by atoms with Crippen molar-refractivity contribution in [2.24, 2.45) is 11.7 Å². The Balaban J connectivity index is 2.00. The molecule has 94 valence electrons. The van der Waals surface area contributed by atoms with Crippen LogP contribution in [0.25, 0.3) is 0 Å². The zero-order valence-electron chi connectivity index (χ0n) is 10.3. The average Bonchev–Trinajstić information content (AvgIpc) is 2.40. The summed E-state index contributed by atoms with van der Waals surface area (Å²) in [6.45, 7) is 3.12. The van der Waals surface area contributed by atoms with Gasteiger partial charge in [0.15, 0.2) is 0 Å². The molecule has 0 bridgehead atoms. The predicted molar refractivity (Wildman–Crippen MR) is 71.0 cm³/mol. The van der Waals surface area contributed by atoms with Crippen molar-refractivity contribution < 1.29 is 5.11 Å². The van der Waals surface area contributed by atoms with Crippen LogP contribution in [0.5, 0.6) is 0 Å². The molecule has 1 aromatic rings. The van der Waals surface area contributed by atoms with Crippen molar-refractivity contribution in [2.75, 3.05) is 24.6 Å². The SMILES string of the molecule is NCc1ccc(N2CCCC(CCO)C2)cc1. The molecule has 1 aromatic carbocycles. The Kier molecular flexibility index (Phi) is 4.40. The fraction of sp³-hybridized carbons (Fsp3) is 0.571. The van der Waals surface area contributed by atoms with E-state index in [1.807, 2.05) is 0 Å². The molecule has 3 nitrogen and oxygen atoms in total. The number of hydrogen-bond acceptors (Lipinski definition) is 3. The molecule has 0 aliphatic carbocycles. The number of nitrogens with zero attached hydrogens (tertiary/aromatic N) is 1. The summed E-state index contributed by atoms with van der Waals surface area (Å²) in [6, 6.07) is 8.52. The van der Waals surface area contributed by atoms with Crippen LogP contribution in [-0.2, 0) is 6.54 Å². The minimum Gasteiger partial charge on any atom is -0.396 e. The fourth-order valence-corrected chi connectivity index (χ4v) is 2.56. The Labute approximate surface area is 103 Å². The van der Waals surface area contributed by atoms with E-state index in [-0.39, 0.29) is 0 Å². The number of aliphatic hydroxyl groups is 1. The summed E-state index contributed by atoms with van der Waals surface area (Å²) < 4.78 is 0. The number of anilines is 1. The van der Waals surface area contributed by atoms with Crippen LogP contribution in [0.15, 0.2) is 24.3 Å². The number of hydrogen-bond donors (Lipinski definition) is 2. The third kappa shape index (κ3) is 3.20. The maximum Gasteiger partial charge on any atom is 0.0434 e. The molecule has 1 heterocycles. The Bertz CT molecular complexity index is 335. The van der Waals surface area contributed by atoms with Gasteiger partial charge in [0, 0.05) is 31.9 Å². The van der Waals surface area contributed by atoms with Crippen LogP contribution in [0, 0.1) is 5.92 Å². The topological polar surface area (TPSA) is 49.5 Å². The van der Waals surface area contributed by atoms with Gasteiger partial charge < -0.3 is 15.7 Å². The van der Waals surface area contributed by atoms with Gasteiger partial charge in [0.05, 0.1) is 0 Å². The zero-order valence-corrected chi connectivity index (χ0v) is 10.3. The van der Waals surface area contributed by atoms with Gasteiger partial charge in [-0.05, 0) is 42.9 Å². The van der Waals surface area contributed by atoms with Crippen LogP contribution in [0.4, 0.5) is 5.69 Å². The van der Waals surface area contributed by atoms with Crippen LogP contribution < -0.4 is 10.6 Å². The second kappa shape index (κ2) is 6.03. The van der Waals surface area contributed by atoms with Crippen molar-refractivity contribution in [1.29, 1.82) is 0 Å². The highest BCUT2D eigenvalue weighted by molar-refractivity contribution is 5.48. The van der Waals surface area contributed by atoms with Gasteiger partial charge in [-0.15, -0.1) is 0 Å². The quantitative estimate of drug-likeness (QED) is 0.834. The molecular weight excluding hydrogens is 212 g/mol. The van der Waals surface area contributed by atoms with Crippen LogP contribution in [0.3, 0.4) is 0 Å². The van der Waals surface area contributed by atoms with Crippen molar-refractivity contribution >= 4 is 5.69 Å². The zero-order chi connectivity index (χ0) is 12.1. The molecule has 1 fully saturated rings. The third-order valence-electron chi connectivity index (χ3n) is 3.59. The summed E-state index contributed by atoms with van der Waals surface area (Å²) in [4.78, 5) is 2.42. The molecule has 0 amide bonds. The molecule has 0 spiro atoms. The fourth-order valence-electron chi connectivity index (χ4n) is 2.56. The lowest BCUT2D eigenvalue weighted by Crippen LogP contribution is -2.35. The number of piperidine rings is 1. The van der Waals surface area contributed by atoms with Crippen LogP contribution in [0.2, 0.25) is 0 Å². The standard InChI is InChI=1S/C14H22N2O/c15-10-12-3-5-14(6-4-12)16-8-1-2-13(11-16)7-9-17/h3-6,13,17H,1-2,7-11,15H2. The van der Waals surface area contributed by atoms with E-state index in [0.29, 0.717) is 19.1 Å². The summed E-state index contributed by atoms with van der Waals surface area (Å²) >= 11 is 0. The van der Waals surface area contributed by atoms with E-state index in [9.17, 15) is 0 Å². The van der Waals surface area contributed by atoms with Gasteiger partial charge >= 0.3 is 0 Å². The second-order valence-electron chi connectivity index (χ2n) is 4.84. The predicted octanol–water partition coefficient (Wildman–Crippen LogP) is 1.74. The van der Waals surface area contributed by atoms with Crippen molar-refractivity contribution in [1.82, 2.24) is 0 Å². The first-order chi connectivity index (χ1) is 8.33. The minimum absolute atomic E-state index is 0.310. The highest BCUT2D eigenvalue weighted by atomic mass is 16.3. The lowest BCUT2D eigenvalue weighted by molar-refractivity contribution is 0.244. The molecule has 1 saturated heterocycles. The van der Waals surface area contributed by atoms with Crippen molar-refractivity contribution in [2.45, 2.75) is 25.8 Å².